The van der Waals surface area contributed by atoms with Crippen molar-refractivity contribution in [2.45, 2.75) is 46.4 Å². The van der Waals surface area contributed by atoms with E-state index < -0.39 is 0 Å². The summed E-state index contributed by atoms with van der Waals surface area (Å²) in [7, 11) is 0. The van der Waals surface area contributed by atoms with Gasteiger partial charge in [0.2, 0.25) is 0 Å². The lowest BCUT2D eigenvalue weighted by Crippen LogP contribution is -2.35. The summed E-state index contributed by atoms with van der Waals surface area (Å²) in [5.41, 5.74) is 2.02. The minimum atomic E-state index is 0.0572. The summed E-state index contributed by atoms with van der Waals surface area (Å²) in [5, 5.41) is 7.33. The summed E-state index contributed by atoms with van der Waals surface area (Å²) >= 11 is 3.50. The summed E-state index contributed by atoms with van der Waals surface area (Å²) < 4.78 is 12.1. The van der Waals surface area contributed by atoms with Gasteiger partial charge in [0.1, 0.15) is 12.4 Å². The highest BCUT2D eigenvalue weighted by Gasteiger charge is 2.12. The van der Waals surface area contributed by atoms with Crippen LogP contribution in [0, 0.1) is 6.92 Å². The number of hydrogen-bond acceptors (Lipinski definition) is 4. The zero-order valence-electron chi connectivity index (χ0n) is 12.9. The molecule has 0 unspecified atom stereocenters. The molecule has 1 aromatic carbocycles. The molecule has 1 aromatic heterocycles. The highest BCUT2D eigenvalue weighted by Crippen LogP contribution is 2.24. The number of aryl methyl sites for hydroxylation is 1. The molecule has 2 rings (SSSR count). The molecule has 4 nitrogen and oxygen atoms in total. The van der Waals surface area contributed by atoms with Gasteiger partial charge in [-0.1, -0.05) is 21.1 Å². The molecule has 0 bridgehead atoms. The molecule has 1 N–H and O–H groups in total. The Kier molecular flexibility index (Phi) is 5.06. The van der Waals surface area contributed by atoms with Crippen molar-refractivity contribution >= 4 is 15.9 Å². The molecule has 0 amide bonds. The Bertz CT molecular complexity index is 603. The summed E-state index contributed by atoms with van der Waals surface area (Å²) in [6.45, 7) is 9.44. The van der Waals surface area contributed by atoms with E-state index in [-0.39, 0.29) is 5.54 Å². The molecule has 0 aliphatic rings. The maximum absolute atomic E-state index is 5.86. The molecular weight excluding hydrogens is 332 g/mol. The fourth-order valence-electron chi connectivity index (χ4n) is 1.82. The first-order chi connectivity index (χ1) is 9.83. The zero-order valence-corrected chi connectivity index (χ0v) is 14.5. The molecule has 0 radical (unpaired) electrons. The molecule has 0 saturated carbocycles. The fourth-order valence-corrected chi connectivity index (χ4v) is 2.23. The van der Waals surface area contributed by atoms with Gasteiger partial charge in [0, 0.05) is 28.2 Å². The number of nitrogens with zero attached hydrogens (tertiary/aromatic N) is 1. The van der Waals surface area contributed by atoms with Gasteiger partial charge in [-0.3, -0.25) is 0 Å². The largest absolute Gasteiger partial charge is 0.485 e. The van der Waals surface area contributed by atoms with Crippen molar-refractivity contribution in [2.75, 3.05) is 0 Å². The predicted molar refractivity (Wildman–Crippen MR) is 86.3 cm³/mol. The second kappa shape index (κ2) is 6.62. The van der Waals surface area contributed by atoms with Crippen LogP contribution in [0.4, 0.5) is 0 Å². The molecule has 0 fully saturated rings. The minimum Gasteiger partial charge on any atom is -0.485 e. The van der Waals surface area contributed by atoms with Crippen molar-refractivity contribution in [2.24, 2.45) is 0 Å². The third-order valence-corrected chi connectivity index (χ3v) is 3.37. The third kappa shape index (κ3) is 5.17. The molecule has 0 saturated heterocycles. The zero-order chi connectivity index (χ0) is 15.5. The average molecular weight is 353 g/mol. The normalized spacial score (nSPS) is 11.7. The number of aromatic nitrogens is 1. The number of nitrogens with one attached hydrogen (secondary N) is 1. The lowest BCUT2D eigenvalue weighted by atomic mass is 10.1. The second-order valence-electron chi connectivity index (χ2n) is 6.08. The van der Waals surface area contributed by atoms with Gasteiger partial charge in [0.15, 0.2) is 5.76 Å². The molecule has 1 heterocycles. The smallest absolute Gasteiger partial charge is 0.174 e. The van der Waals surface area contributed by atoms with E-state index in [2.05, 4.69) is 53.2 Å². The highest BCUT2D eigenvalue weighted by atomic mass is 79.9. The van der Waals surface area contributed by atoms with Crippen LogP contribution in [-0.2, 0) is 13.2 Å². The fraction of sp³-hybridized carbons (Fsp3) is 0.438. The van der Waals surface area contributed by atoms with Gasteiger partial charge < -0.3 is 14.6 Å². The van der Waals surface area contributed by atoms with E-state index in [0.717, 1.165) is 33.8 Å². The Balaban J connectivity index is 2.07. The SMILES string of the molecule is Cc1cc(COc2ccc(Br)cc2CNC(C)(C)C)on1. The average Bonchev–Trinajstić information content (AvgIpc) is 2.80. The Labute approximate surface area is 134 Å². The maximum Gasteiger partial charge on any atom is 0.174 e. The van der Waals surface area contributed by atoms with Crippen molar-refractivity contribution in [3.05, 3.63) is 45.8 Å². The molecule has 114 valence electrons. The summed E-state index contributed by atoms with van der Waals surface area (Å²) in [6, 6.07) is 7.89. The number of ether oxygens (including phenoxy) is 1. The van der Waals surface area contributed by atoms with Gasteiger partial charge in [-0.05, 0) is 45.9 Å². The molecular formula is C16H21BrN2O2. The number of halogens is 1. The van der Waals surface area contributed by atoms with Gasteiger partial charge in [-0.15, -0.1) is 0 Å². The summed E-state index contributed by atoms with van der Waals surface area (Å²) in [5.74, 6) is 1.58. The van der Waals surface area contributed by atoms with Crippen molar-refractivity contribution in [1.29, 1.82) is 0 Å². The van der Waals surface area contributed by atoms with Crippen LogP contribution in [0.25, 0.3) is 0 Å². The first-order valence-corrected chi connectivity index (χ1v) is 7.71. The number of hydrogen-bond donors (Lipinski definition) is 1. The van der Waals surface area contributed by atoms with Crippen LogP contribution in [0.3, 0.4) is 0 Å². The van der Waals surface area contributed by atoms with E-state index in [1.807, 2.05) is 25.1 Å². The van der Waals surface area contributed by atoms with Crippen LogP contribution in [0.1, 0.15) is 37.8 Å². The van der Waals surface area contributed by atoms with Crippen LogP contribution >= 0.6 is 15.9 Å². The number of benzene rings is 1. The molecule has 2 aromatic rings. The first kappa shape index (κ1) is 16.0. The first-order valence-electron chi connectivity index (χ1n) is 6.92. The summed E-state index contributed by atoms with van der Waals surface area (Å²) in [6.07, 6.45) is 0. The van der Waals surface area contributed by atoms with Crippen LogP contribution in [0.15, 0.2) is 33.3 Å². The van der Waals surface area contributed by atoms with Gasteiger partial charge in [-0.25, -0.2) is 0 Å². The van der Waals surface area contributed by atoms with E-state index in [1.54, 1.807) is 0 Å². The lowest BCUT2D eigenvalue weighted by Gasteiger charge is -2.21. The third-order valence-electron chi connectivity index (χ3n) is 2.88. The van der Waals surface area contributed by atoms with Gasteiger partial charge in [0.25, 0.3) is 0 Å². The molecule has 0 aliphatic heterocycles. The van der Waals surface area contributed by atoms with Gasteiger partial charge in [0.05, 0.1) is 5.69 Å². The second-order valence-corrected chi connectivity index (χ2v) is 6.99. The van der Waals surface area contributed by atoms with Crippen LogP contribution in [0.2, 0.25) is 0 Å². The van der Waals surface area contributed by atoms with Crippen LogP contribution < -0.4 is 10.1 Å². The molecule has 5 heteroatoms. The van der Waals surface area contributed by atoms with Crippen molar-refractivity contribution in [3.63, 3.8) is 0 Å². The lowest BCUT2D eigenvalue weighted by molar-refractivity contribution is 0.246. The Morgan fingerprint density at radius 2 is 2.05 bits per heavy atom. The van der Waals surface area contributed by atoms with E-state index >= 15 is 0 Å². The van der Waals surface area contributed by atoms with Crippen molar-refractivity contribution in [3.8, 4) is 5.75 Å². The Hall–Kier alpha value is -1.33. The quantitative estimate of drug-likeness (QED) is 0.875. The standard InChI is InChI=1S/C16H21BrN2O2/c1-11-7-14(21-19-11)10-20-15-6-5-13(17)8-12(15)9-18-16(2,3)4/h5-8,18H,9-10H2,1-4H3. The van der Waals surface area contributed by atoms with E-state index in [0.29, 0.717) is 6.61 Å². The van der Waals surface area contributed by atoms with Crippen molar-refractivity contribution in [1.82, 2.24) is 10.5 Å². The molecule has 21 heavy (non-hydrogen) atoms. The van der Waals surface area contributed by atoms with E-state index in [4.69, 9.17) is 9.26 Å². The molecule has 0 aliphatic carbocycles. The Morgan fingerprint density at radius 3 is 2.67 bits per heavy atom. The van der Waals surface area contributed by atoms with Gasteiger partial charge in [-0.2, -0.15) is 0 Å². The highest BCUT2D eigenvalue weighted by molar-refractivity contribution is 9.10. The minimum absolute atomic E-state index is 0.0572. The maximum atomic E-state index is 5.86. The van der Waals surface area contributed by atoms with Crippen LogP contribution in [-0.4, -0.2) is 10.7 Å². The molecule has 0 spiro atoms. The van der Waals surface area contributed by atoms with E-state index in [9.17, 15) is 0 Å². The predicted octanol–water partition coefficient (Wildman–Crippen LogP) is 4.21. The van der Waals surface area contributed by atoms with Crippen molar-refractivity contribution < 1.29 is 9.26 Å². The van der Waals surface area contributed by atoms with Gasteiger partial charge >= 0.3 is 0 Å². The van der Waals surface area contributed by atoms with E-state index in [1.165, 1.54) is 0 Å². The number of rotatable bonds is 5. The monoisotopic (exact) mass is 352 g/mol. The Morgan fingerprint density at radius 1 is 1.29 bits per heavy atom. The van der Waals surface area contributed by atoms with Crippen LogP contribution in [0.5, 0.6) is 5.75 Å². The summed E-state index contributed by atoms with van der Waals surface area (Å²) in [4.78, 5) is 0. The molecule has 0 atom stereocenters. The topological polar surface area (TPSA) is 47.3 Å².